The molecule has 7 heteroatoms. The van der Waals surface area contributed by atoms with Gasteiger partial charge in [-0.3, -0.25) is 0 Å². The number of halogens is 5. The van der Waals surface area contributed by atoms with E-state index in [-0.39, 0.29) is 5.56 Å². The summed E-state index contributed by atoms with van der Waals surface area (Å²) in [6.07, 6.45) is 5.11. The number of ether oxygens (including phenoxy) is 1. The molecule has 3 aromatic rings. The molecule has 160 valence electrons. The van der Waals surface area contributed by atoms with Crippen LogP contribution in [0.5, 0.6) is 5.75 Å². The van der Waals surface area contributed by atoms with Crippen molar-refractivity contribution >= 4 is 18.1 Å². The van der Waals surface area contributed by atoms with Crippen molar-refractivity contribution in [2.24, 2.45) is 0 Å². The molecule has 0 unspecified atom stereocenters. The van der Waals surface area contributed by atoms with Crippen molar-refractivity contribution in [2.75, 3.05) is 0 Å². The van der Waals surface area contributed by atoms with E-state index in [9.17, 15) is 26.7 Å². The van der Waals surface area contributed by atoms with E-state index in [1.165, 1.54) is 11.6 Å². The van der Waals surface area contributed by atoms with E-state index in [0.717, 1.165) is 30.5 Å². The van der Waals surface area contributed by atoms with Crippen LogP contribution in [0.15, 0.2) is 48.5 Å². The van der Waals surface area contributed by atoms with Crippen LogP contribution < -0.4 is 4.74 Å². The molecular formula is C24H17F5O2. The minimum atomic E-state index is -1.76. The van der Waals surface area contributed by atoms with Crippen LogP contribution in [-0.2, 0) is 6.42 Å². The largest absolute Gasteiger partial charge is 0.423 e. The molecule has 3 rings (SSSR count). The van der Waals surface area contributed by atoms with Gasteiger partial charge in [-0.2, -0.15) is 0 Å². The van der Waals surface area contributed by atoms with E-state index in [0.29, 0.717) is 12.1 Å². The lowest BCUT2D eigenvalue weighted by atomic mass is 10.1. The predicted octanol–water partition coefficient (Wildman–Crippen LogP) is 6.72. The molecular weight excluding hydrogens is 415 g/mol. The highest BCUT2D eigenvalue weighted by Gasteiger charge is 2.22. The third kappa shape index (κ3) is 5.36. The van der Waals surface area contributed by atoms with E-state index in [4.69, 9.17) is 0 Å². The minimum absolute atomic E-state index is 0.156. The maximum absolute atomic E-state index is 14.4. The van der Waals surface area contributed by atoms with Crippen molar-refractivity contribution in [3.63, 3.8) is 0 Å². The van der Waals surface area contributed by atoms with Crippen LogP contribution in [0.2, 0.25) is 0 Å². The summed E-state index contributed by atoms with van der Waals surface area (Å²) in [6.45, 7) is 2.08. The minimum Gasteiger partial charge on any atom is -0.423 e. The average Bonchev–Trinajstić information content (AvgIpc) is 2.71. The van der Waals surface area contributed by atoms with Crippen LogP contribution in [0.25, 0.3) is 12.2 Å². The molecule has 0 N–H and O–H groups in total. The van der Waals surface area contributed by atoms with Gasteiger partial charge in [0.25, 0.3) is 0 Å². The van der Waals surface area contributed by atoms with E-state index in [2.05, 4.69) is 11.7 Å². The Hall–Kier alpha value is -3.48. The van der Waals surface area contributed by atoms with Gasteiger partial charge in [0.05, 0.1) is 0 Å². The van der Waals surface area contributed by atoms with Gasteiger partial charge < -0.3 is 4.74 Å². The number of hydrogen-bond acceptors (Lipinski definition) is 2. The van der Waals surface area contributed by atoms with Gasteiger partial charge in [-0.25, -0.2) is 26.7 Å². The Morgan fingerprint density at radius 1 is 0.806 bits per heavy atom. The molecule has 2 nitrogen and oxygen atoms in total. The molecule has 0 aliphatic heterocycles. The monoisotopic (exact) mass is 432 g/mol. The molecule has 0 radical (unpaired) electrons. The van der Waals surface area contributed by atoms with Gasteiger partial charge >= 0.3 is 5.97 Å². The highest BCUT2D eigenvalue weighted by molar-refractivity contribution is 5.92. The molecule has 0 atom stereocenters. The molecule has 0 aromatic heterocycles. The van der Waals surface area contributed by atoms with Crippen LogP contribution in [0.3, 0.4) is 0 Å². The number of rotatable bonds is 6. The zero-order chi connectivity index (χ0) is 22.5. The van der Waals surface area contributed by atoms with Crippen molar-refractivity contribution in [2.45, 2.75) is 19.8 Å². The number of benzene rings is 3. The van der Waals surface area contributed by atoms with Crippen molar-refractivity contribution in [3.05, 3.63) is 99.9 Å². The Morgan fingerprint density at radius 3 is 1.90 bits per heavy atom. The lowest BCUT2D eigenvalue weighted by molar-refractivity contribution is 0.0723. The quantitative estimate of drug-likeness (QED) is 0.142. The highest BCUT2D eigenvalue weighted by Crippen LogP contribution is 2.23. The molecule has 0 aliphatic rings. The number of hydrogen-bond donors (Lipinski definition) is 0. The molecule has 0 spiro atoms. The molecule has 0 amide bonds. The Bertz CT molecular complexity index is 1090. The van der Waals surface area contributed by atoms with Gasteiger partial charge in [-0.05, 0) is 35.2 Å². The average molecular weight is 432 g/mol. The second-order valence-corrected chi connectivity index (χ2v) is 6.77. The van der Waals surface area contributed by atoms with Gasteiger partial charge in [0.1, 0.15) is 22.9 Å². The standard InChI is InChI=1S/C24H17F5O2/c1-2-3-14-4-6-15(7-5-14)8-9-16-10-18(25)22(19(26)11-16)24(30)31-17-12-20(27)23(29)21(28)13-17/h4-13H,2-3H2,1H3/b9-8+. The Labute approximate surface area is 175 Å². The van der Waals surface area contributed by atoms with Gasteiger partial charge in [0.2, 0.25) is 0 Å². The normalized spacial score (nSPS) is 11.2. The second kappa shape index (κ2) is 9.55. The SMILES string of the molecule is CCCc1ccc(/C=C/c2cc(F)c(C(=O)Oc3cc(F)c(F)c(F)c3)c(F)c2)cc1. The number of carbonyl (C=O) groups excluding carboxylic acids is 1. The summed E-state index contributed by atoms with van der Waals surface area (Å²) >= 11 is 0. The molecule has 0 saturated heterocycles. The fourth-order valence-electron chi connectivity index (χ4n) is 2.91. The first kappa shape index (κ1) is 22.2. The first-order valence-electron chi connectivity index (χ1n) is 9.41. The summed E-state index contributed by atoms with van der Waals surface area (Å²) in [5, 5.41) is 0. The van der Waals surface area contributed by atoms with Crippen molar-refractivity contribution < 1.29 is 31.5 Å². The van der Waals surface area contributed by atoms with Crippen molar-refractivity contribution in [3.8, 4) is 5.75 Å². The third-order valence-electron chi connectivity index (χ3n) is 4.42. The zero-order valence-electron chi connectivity index (χ0n) is 16.4. The van der Waals surface area contributed by atoms with Crippen molar-refractivity contribution in [1.82, 2.24) is 0 Å². The zero-order valence-corrected chi connectivity index (χ0v) is 16.4. The molecule has 0 heterocycles. The highest BCUT2D eigenvalue weighted by atomic mass is 19.2. The van der Waals surface area contributed by atoms with Crippen LogP contribution in [-0.4, -0.2) is 5.97 Å². The second-order valence-electron chi connectivity index (χ2n) is 6.77. The summed E-state index contributed by atoms with van der Waals surface area (Å²) in [5.41, 5.74) is 1.12. The predicted molar refractivity (Wildman–Crippen MR) is 107 cm³/mol. The van der Waals surface area contributed by atoms with Gasteiger partial charge in [0.15, 0.2) is 17.5 Å². The van der Waals surface area contributed by atoms with Crippen molar-refractivity contribution in [1.29, 1.82) is 0 Å². The first-order chi connectivity index (χ1) is 14.8. The van der Waals surface area contributed by atoms with Gasteiger partial charge in [-0.15, -0.1) is 0 Å². The molecule has 0 aliphatic carbocycles. The smallest absolute Gasteiger partial charge is 0.349 e. The topological polar surface area (TPSA) is 26.3 Å². The lowest BCUT2D eigenvalue weighted by Crippen LogP contribution is -2.14. The maximum atomic E-state index is 14.4. The molecule has 0 bridgehead atoms. The molecule has 0 saturated carbocycles. The first-order valence-corrected chi connectivity index (χ1v) is 9.41. The maximum Gasteiger partial charge on any atom is 0.349 e. The van der Waals surface area contributed by atoms with E-state index < -0.39 is 46.4 Å². The van der Waals surface area contributed by atoms with Crippen LogP contribution in [0.4, 0.5) is 22.0 Å². The fourth-order valence-corrected chi connectivity index (χ4v) is 2.91. The van der Waals surface area contributed by atoms with E-state index in [1.54, 1.807) is 6.08 Å². The van der Waals surface area contributed by atoms with Crippen LogP contribution in [0, 0.1) is 29.1 Å². The summed E-state index contributed by atoms with van der Waals surface area (Å²) in [4.78, 5) is 12.1. The number of carbonyl (C=O) groups is 1. The summed E-state index contributed by atoms with van der Waals surface area (Å²) in [7, 11) is 0. The third-order valence-corrected chi connectivity index (χ3v) is 4.42. The summed E-state index contributed by atoms with van der Waals surface area (Å²) < 4.78 is 72.8. The number of esters is 1. The summed E-state index contributed by atoms with van der Waals surface area (Å²) in [6, 6.07) is 10.3. The molecule has 31 heavy (non-hydrogen) atoms. The summed E-state index contributed by atoms with van der Waals surface area (Å²) in [5.74, 6) is -9.64. The Morgan fingerprint density at radius 2 is 1.35 bits per heavy atom. The Balaban J connectivity index is 1.79. The fraction of sp³-hybridized carbons (Fsp3) is 0.125. The molecule has 3 aromatic carbocycles. The number of aryl methyl sites for hydroxylation is 1. The Kier molecular flexibility index (Phi) is 6.84. The van der Waals surface area contributed by atoms with Crippen LogP contribution >= 0.6 is 0 Å². The van der Waals surface area contributed by atoms with E-state index >= 15 is 0 Å². The van der Waals surface area contributed by atoms with Gasteiger partial charge in [0, 0.05) is 12.1 Å². The van der Waals surface area contributed by atoms with Gasteiger partial charge in [-0.1, -0.05) is 49.8 Å². The lowest BCUT2D eigenvalue weighted by Gasteiger charge is -2.08. The van der Waals surface area contributed by atoms with Crippen LogP contribution in [0.1, 0.15) is 40.4 Å². The molecule has 0 fully saturated rings. The van der Waals surface area contributed by atoms with E-state index in [1.807, 2.05) is 24.3 Å².